The Hall–Kier alpha value is -4.42. The van der Waals surface area contributed by atoms with Gasteiger partial charge < -0.3 is 29.7 Å². The SMILES string of the molecule is CCOC(=O)N1CCN(C(=O)[C@H](CCC(=O)O)NC(=O)c2cc(OCC(=O)CC)n(-c3ccccc3)n2)CC1. The summed E-state index contributed by atoms with van der Waals surface area (Å²) in [6, 6.07) is 9.10. The summed E-state index contributed by atoms with van der Waals surface area (Å²) in [6.07, 6.45) is -0.654. The number of Topliss-reactive ketones (excluding diaryl/α,β-unsaturated/α-hetero) is 1. The molecule has 1 aliphatic rings. The lowest BCUT2D eigenvalue weighted by atomic mass is 10.1. The fourth-order valence-electron chi connectivity index (χ4n) is 3.89. The summed E-state index contributed by atoms with van der Waals surface area (Å²) in [4.78, 5) is 64.5. The van der Waals surface area contributed by atoms with E-state index < -0.39 is 29.9 Å². The third kappa shape index (κ3) is 8.03. The number of amides is 3. The van der Waals surface area contributed by atoms with Crippen LogP contribution >= 0.6 is 0 Å². The van der Waals surface area contributed by atoms with E-state index in [9.17, 15) is 29.1 Å². The van der Waals surface area contributed by atoms with Crippen molar-refractivity contribution in [1.82, 2.24) is 24.9 Å². The zero-order valence-electron chi connectivity index (χ0n) is 22.0. The van der Waals surface area contributed by atoms with Crippen molar-refractivity contribution in [1.29, 1.82) is 0 Å². The first kappa shape index (κ1) is 29.1. The summed E-state index contributed by atoms with van der Waals surface area (Å²) >= 11 is 0. The zero-order valence-corrected chi connectivity index (χ0v) is 22.0. The summed E-state index contributed by atoms with van der Waals surface area (Å²) in [5, 5.41) is 16.1. The molecule has 0 spiro atoms. The van der Waals surface area contributed by atoms with Gasteiger partial charge >= 0.3 is 12.1 Å². The van der Waals surface area contributed by atoms with Crippen LogP contribution in [0.2, 0.25) is 0 Å². The van der Waals surface area contributed by atoms with Crippen LogP contribution < -0.4 is 10.1 Å². The fraction of sp³-hybridized carbons (Fsp3) is 0.462. The van der Waals surface area contributed by atoms with Crippen molar-refractivity contribution in [3.05, 3.63) is 42.1 Å². The molecule has 13 heteroatoms. The summed E-state index contributed by atoms with van der Waals surface area (Å²) in [7, 11) is 0. The van der Waals surface area contributed by atoms with E-state index in [1.54, 1.807) is 38.1 Å². The van der Waals surface area contributed by atoms with Gasteiger partial charge in [0.05, 0.1) is 12.3 Å². The highest BCUT2D eigenvalue weighted by atomic mass is 16.6. The molecule has 3 amide bonds. The summed E-state index contributed by atoms with van der Waals surface area (Å²) < 4.78 is 12.0. The Morgan fingerprint density at radius 1 is 1.03 bits per heavy atom. The Labute approximate surface area is 225 Å². The number of rotatable bonds is 12. The molecule has 1 atom stereocenters. The molecule has 13 nitrogen and oxygen atoms in total. The Kier molecular flexibility index (Phi) is 10.4. The smallest absolute Gasteiger partial charge is 0.409 e. The number of benzene rings is 1. The first-order valence-corrected chi connectivity index (χ1v) is 12.8. The predicted molar refractivity (Wildman–Crippen MR) is 138 cm³/mol. The number of ether oxygens (including phenoxy) is 2. The van der Waals surface area contributed by atoms with Crippen molar-refractivity contribution < 1.29 is 38.6 Å². The number of nitrogens with zero attached hydrogens (tertiary/aromatic N) is 4. The van der Waals surface area contributed by atoms with E-state index in [2.05, 4.69) is 10.4 Å². The normalized spacial score (nSPS) is 13.9. The van der Waals surface area contributed by atoms with E-state index in [4.69, 9.17) is 9.47 Å². The number of hydrogen-bond acceptors (Lipinski definition) is 8. The van der Waals surface area contributed by atoms with Crippen LogP contribution in [0, 0.1) is 0 Å². The van der Waals surface area contributed by atoms with Crippen LogP contribution in [-0.2, 0) is 19.1 Å². The zero-order chi connectivity index (χ0) is 28.4. The van der Waals surface area contributed by atoms with Gasteiger partial charge in [0.2, 0.25) is 11.8 Å². The molecule has 1 aliphatic heterocycles. The van der Waals surface area contributed by atoms with Crippen molar-refractivity contribution >= 4 is 29.7 Å². The standard InChI is InChI=1S/C26H33N5O8/c1-3-19(32)17-39-22-16-21(28-31(22)18-8-6-5-7-9-18)24(35)27-20(10-11-23(33)34)25(36)29-12-14-30(15-13-29)26(37)38-4-2/h5-9,16,20H,3-4,10-15,17H2,1-2H3,(H,27,35)(H,33,34)/t20-/m0/s1. The van der Waals surface area contributed by atoms with Gasteiger partial charge in [0.15, 0.2) is 11.5 Å². The molecule has 0 saturated carbocycles. The van der Waals surface area contributed by atoms with E-state index in [1.165, 1.54) is 20.5 Å². The third-order valence-electron chi connectivity index (χ3n) is 6.05. The van der Waals surface area contributed by atoms with E-state index in [0.29, 0.717) is 5.69 Å². The average molecular weight is 544 g/mol. The van der Waals surface area contributed by atoms with Gasteiger partial charge in [-0.15, -0.1) is 0 Å². The molecule has 2 heterocycles. The maximum absolute atomic E-state index is 13.3. The van der Waals surface area contributed by atoms with E-state index in [0.717, 1.165) is 0 Å². The van der Waals surface area contributed by atoms with Crippen molar-refractivity contribution in [2.75, 3.05) is 39.4 Å². The van der Waals surface area contributed by atoms with Crippen molar-refractivity contribution in [3.63, 3.8) is 0 Å². The number of hydrogen-bond donors (Lipinski definition) is 2. The lowest BCUT2D eigenvalue weighted by Gasteiger charge is -2.35. The molecule has 1 fully saturated rings. The highest BCUT2D eigenvalue weighted by molar-refractivity contribution is 5.96. The lowest BCUT2D eigenvalue weighted by Crippen LogP contribution is -2.56. The quantitative estimate of drug-likeness (QED) is 0.404. The number of piperazine rings is 1. The van der Waals surface area contributed by atoms with Gasteiger partial charge in [0.1, 0.15) is 12.6 Å². The van der Waals surface area contributed by atoms with Gasteiger partial charge in [-0.25, -0.2) is 9.48 Å². The summed E-state index contributed by atoms with van der Waals surface area (Å²) in [5.74, 6) is -2.24. The van der Waals surface area contributed by atoms with Crippen molar-refractivity contribution in [3.8, 4) is 11.6 Å². The second kappa shape index (κ2) is 13.9. The Bertz CT molecular complexity index is 1170. The number of aliphatic carboxylic acids is 1. The highest BCUT2D eigenvalue weighted by Crippen LogP contribution is 2.20. The van der Waals surface area contributed by atoms with Crippen molar-refractivity contribution in [2.45, 2.75) is 39.2 Å². The minimum Gasteiger partial charge on any atom is -0.481 e. The van der Waals surface area contributed by atoms with Crippen molar-refractivity contribution in [2.24, 2.45) is 0 Å². The molecule has 3 rings (SSSR count). The van der Waals surface area contributed by atoms with Crippen LogP contribution in [-0.4, -0.2) is 99.8 Å². The van der Waals surface area contributed by atoms with E-state index in [1.807, 2.05) is 6.07 Å². The summed E-state index contributed by atoms with van der Waals surface area (Å²) in [5.41, 5.74) is 0.520. The molecule has 210 valence electrons. The van der Waals surface area contributed by atoms with Gasteiger partial charge in [-0.2, -0.15) is 5.10 Å². The van der Waals surface area contributed by atoms with Gasteiger partial charge in [0, 0.05) is 45.1 Å². The number of carbonyl (C=O) groups excluding carboxylic acids is 4. The maximum atomic E-state index is 13.3. The molecule has 1 saturated heterocycles. The summed E-state index contributed by atoms with van der Waals surface area (Å²) in [6.45, 7) is 4.38. The Morgan fingerprint density at radius 3 is 2.31 bits per heavy atom. The lowest BCUT2D eigenvalue weighted by molar-refractivity contribution is -0.138. The highest BCUT2D eigenvalue weighted by Gasteiger charge is 2.31. The average Bonchev–Trinajstić information content (AvgIpc) is 3.38. The number of nitrogens with one attached hydrogen (secondary N) is 1. The first-order chi connectivity index (χ1) is 18.7. The third-order valence-corrected chi connectivity index (χ3v) is 6.05. The Balaban J connectivity index is 1.76. The van der Waals surface area contributed by atoms with Crippen LogP contribution in [0.1, 0.15) is 43.6 Å². The molecule has 0 unspecified atom stereocenters. The molecule has 0 radical (unpaired) electrons. The fourth-order valence-corrected chi connectivity index (χ4v) is 3.89. The molecule has 0 bridgehead atoms. The minimum absolute atomic E-state index is 0.0712. The largest absolute Gasteiger partial charge is 0.481 e. The van der Waals surface area contributed by atoms with Crippen LogP contribution in [0.3, 0.4) is 0 Å². The van der Waals surface area contributed by atoms with E-state index >= 15 is 0 Å². The molecular formula is C26H33N5O8. The van der Waals surface area contributed by atoms with Crippen LogP contribution in [0.15, 0.2) is 36.4 Å². The Morgan fingerprint density at radius 2 is 1.69 bits per heavy atom. The van der Waals surface area contributed by atoms with Gasteiger partial charge in [-0.05, 0) is 25.5 Å². The van der Waals surface area contributed by atoms with Crippen LogP contribution in [0.25, 0.3) is 5.69 Å². The van der Waals surface area contributed by atoms with Crippen LogP contribution in [0.5, 0.6) is 5.88 Å². The number of carboxylic acids is 1. The molecule has 1 aromatic heterocycles. The monoisotopic (exact) mass is 543 g/mol. The first-order valence-electron chi connectivity index (χ1n) is 12.8. The second-order valence-electron chi connectivity index (χ2n) is 8.77. The number of carboxylic acid groups (broad SMARTS) is 1. The number of aromatic nitrogens is 2. The second-order valence-corrected chi connectivity index (χ2v) is 8.77. The number of ketones is 1. The van der Waals surface area contributed by atoms with E-state index in [-0.39, 0.29) is 76.0 Å². The van der Waals surface area contributed by atoms with Crippen LogP contribution in [0.4, 0.5) is 4.79 Å². The van der Waals surface area contributed by atoms with Gasteiger partial charge in [-0.3, -0.25) is 19.2 Å². The van der Waals surface area contributed by atoms with Gasteiger partial charge in [0.25, 0.3) is 5.91 Å². The molecule has 2 N–H and O–H groups in total. The molecule has 39 heavy (non-hydrogen) atoms. The minimum atomic E-state index is -1.13. The maximum Gasteiger partial charge on any atom is 0.409 e. The molecule has 2 aromatic rings. The number of para-hydroxylation sites is 1. The van der Waals surface area contributed by atoms with Gasteiger partial charge in [-0.1, -0.05) is 25.1 Å². The molecule has 1 aromatic carbocycles. The predicted octanol–water partition coefficient (Wildman–Crippen LogP) is 1.49. The molecule has 0 aliphatic carbocycles. The topological polar surface area (TPSA) is 160 Å². The molecular weight excluding hydrogens is 510 g/mol. The number of carbonyl (C=O) groups is 5.